The fourth-order valence-electron chi connectivity index (χ4n) is 3.66. The molecule has 0 radical (unpaired) electrons. The lowest BCUT2D eigenvalue weighted by atomic mass is 10.0. The molecule has 7 heteroatoms. The second-order valence-corrected chi connectivity index (χ2v) is 8.15. The largest absolute Gasteiger partial charge is 0.393 e. The summed E-state index contributed by atoms with van der Waals surface area (Å²) in [7, 11) is 1.76. The molecule has 0 aliphatic rings. The predicted octanol–water partition coefficient (Wildman–Crippen LogP) is 5.76. The van der Waals surface area contributed by atoms with Gasteiger partial charge in [-0.15, -0.1) is 0 Å². The van der Waals surface area contributed by atoms with Crippen molar-refractivity contribution in [2.45, 2.75) is 20.8 Å². The summed E-state index contributed by atoms with van der Waals surface area (Å²) in [6.45, 7) is 5.97. The van der Waals surface area contributed by atoms with Gasteiger partial charge in [0.1, 0.15) is 5.82 Å². The number of hydrogen-bond donors (Lipinski definition) is 2. The highest BCUT2D eigenvalue weighted by atomic mass is 19.1. The molecule has 0 bridgehead atoms. The van der Waals surface area contributed by atoms with Gasteiger partial charge in [-0.1, -0.05) is 30.3 Å². The van der Waals surface area contributed by atoms with Crippen LogP contribution in [0.5, 0.6) is 0 Å². The summed E-state index contributed by atoms with van der Waals surface area (Å²) in [4.78, 5) is 9.50. The van der Waals surface area contributed by atoms with E-state index in [0.29, 0.717) is 22.5 Å². The number of halogens is 1. The first kappa shape index (κ1) is 23.8. The van der Waals surface area contributed by atoms with Crippen LogP contribution in [-0.2, 0) is 0 Å². The first-order chi connectivity index (χ1) is 16.9. The Bertz CT molecular complexity index is 1460. The summed E-state index contributed by atoms with van der Waals surface area (Å²) in [5.41, 5.74) is 7.35. The molecule has 35 heavy (non-hydrogen) atoms. The molecule has 0 spiro atoms. The van der Waals surface area contributed by atoms with Crippen LogP contribution in [0.4, 0.5) is 4.39 Å². The second kappa shape index (κ2) is 10.3. The summed E-state index contributed by atoms with van der Waals surface area (Å²) < 4.78 is 15.1. The smallest absolute Gasteiger partial charge is 0.154 e. The van der Waals surface area contributed by atoms with E-state index in [1.54, 1.807) is 29.9 Å². The Kier molecular flexibility index (Phi) is 6.96. The van der Waals surface area contributed by atoms with E-state index in [1.807, 2.05) is 69.4 Å². The van der Waals surface area contributed by atoms with Gasteiger partial charge in [-0.25, -0.2) is 13.9 Å². The number of rotatable bonds is 7. The Hall–Kier alpha value is -4.39. The zero-order valence-corrected chi connectivity index (χ0v) is 20.2. The summed E-state index contributed by atoms with van der Waals surface area (Å²) in [5, 5.41) is 16.3. The normalized spacial score (nSPS) is 13.1. The van der Waals surface area contributed by atoms with Crippen LogP contribution < -0.4 is 5.32 Å². The van der Waals surface area contributed by atoms with Crippen molar-refractivity contribution in [3.05, 3.63) is 113 Å². The van der Waals surface area contributed by atoms with Crippen molar-refractivity contribution in [2.24, 2.45) is 4.99 Å². The molecule has 6 nitrogen and oxygen atoms in total. The fourth-order valence-corrected chi connectivity index (χ4v) is 3.66. The maximum Gasteiger partial charge on any atom is 0.154 e. The number of nitrogens with zero attached hydrogens (tertiary/aromatic N) is 4. The van der Waals surface area contributed by atoms with E-state index in [0.717, 1.165) is 28.2 Å². The maximum absolute atomic E-state index is 13.3. The van der Waals surface area contributed by atoms with E-state index in [9.17, 15) is 4.39 Å². The lowest BCUT2D eigenvalue weighted by molar-refractivity contribution is 0.628. The van der Waals surface area contributed by atoms with Crippen molar-refractivity contribution in [1.29, 1.82) is 5.41 Å². The third kappa shape index (κ3) is 5.24. The molecule has 176 valence electrons. The molecule has 0 saturated heterocycles. The van der Waals surface area contributed by atoms with Crippen molar-refractivity contribution in [3.63, 3.8) is 0 Å². The highest BCUT2D eigenvalue weighted by Gasteiger charge is 2.15. The van der Waals surface area contributed by atoms with E-state index in [2.05, 4.69) is 5.32 Å². The molecule has 0 amide bonds. The predicted molar refractivity (Wildman–Crippen MR) is 140 cm³/mol. The lowest BCUT2D eigenvalue weighted by Gasteiger charge is -2.10. The van der Waals surface area contributed by atoms with Crippen molar-refractivity contribution in [1.82, 2.24) is 19.9 Å². The molecule has 0 unspecified atom stereocenters. The molecule has 4 aromatic rings. The number of benzene rings is 2. The topological polar surface area (TPSA) is 78.4 Å². The van der Waals surface area contributed by atoms with Crippen LogP contribution >= 0.6 is 0 Å². The molecule has 2 N–H and O–H groups in total. The van der Waals surface area contributed by atoms with Gasteiger partial charge in [-0.05, 0) is 68.3 Å². The minimum Gasteiger partial charge on any atom is -0.393 e. The van der Waals surface area contributed by atoms with E-state index >= 15 is 0 Å². The summed E-state index contributed by atoms with van der Waals surface area (Å²) in [6.07, 6.45) is 3.58. The SMILES string of the molecule is CN/C=C(\C(=N)c1ccc(F)cc1)c1ccc2nc(/C(C)=C(C)/N=C(\C)c3ccccc3)cn2n1. The van der Waals surface area contributed by atoms with Crippen LogP contribution in [0, 0.1) is 11.2 Å². The third-order valence-electron chi connectivity index (χ3n) is 5.74. The van der Waals surface area contributed by atoms with Crippen LogP contribution in [0.25, 0.3) is 16.8 Å². The molecular weight excluding hydrogens is 439 g/mol. The van der Waals surface area contributed by atoms with Crippen molar-refractivity contribution in [3.8, 4) is 0 Å². The van der Waals surface area contributed by atoms with Gasteiger partial charge in [0, 0.05) is 35.8 Å². The molecule has 0 atom stereocenters. The number of hydrogen-bond acceptors (Lipinski definition) is 5. The van der Waals surface area contributed by atoms with Crippen molar-refractivity contribution >= 4 is 28.2 Å². The molecule has 2 aromatic heterocycles. The van der Waals surface area contributed by atoms with Gasteiger partial charge in [-0.3, -0.25) is 10.4 Å². The minimum atomic E-state index is -0.340. The van der Waals surface area contributed by atoms with Crippen LogP contribution in [0.15, 0.2) is 89.8 Å². The van der Waals surface area contributed by atoms with Gasteiger partial charge >= 0.3 is 0 Å². The van der Waals surface area contributed by atoms with Gasteiger partial charge in [-0.2, -0.15) is 5.10 Å². The zero-order chi connectivity index (χ0) is 24.9. The first-order valence-corrected chi connectivity index (χ1v) is 11.2. The van der Waals surface area contributed by atoms with Gasteiger partial charge in [0.15, 0.2) is 5.65 Å². The summed E-state index contributed by atoms with van der Waals surface area (Å²) in [6, 6.07) is 19.6. The highest BCUT2D eigenvalue weighted by Crippen LogP contribution is 2.22. The molecule has 0 fully saturated rings. The van der Waals surface area contributed by atoms with E-state index < -0.39 is 0 Å². The van der Waals surface area contributed by atoms with Gasteiger partial charge in [0.25, 0.3) is 0 Å². The minimum absolute atomic E-state index is 0.240. The summed E-state index contributed by atoms with van der Waals surface area (Å²) >= 11 is 0. The maximum atomic E-state index is 13.3. The Morgan fingerprint density at radius 2 is 1.66 bits per heavy atom. The van der Waals surface area contributed by atoms with Gasteiger partial charge in [0.05, 0.1) is 23.3 Å². The van der Waals surface area contributed by atoms with Crippen molar-refractivity contribution in [2.75, 3.05) is 7.05 Å². The monoisotopic (exact) mass is 466 g/mol. The number of aliphatic imine (C=N–C) groups is 1. The Labute approximate surface area is 204 Å². The van der Waals surface area contributed by atoms with E-state index in [1.165, 1.54) is 12.1 Å². The molecular formula is C28H27FN6. The number of fused-ring (bicyclic) bond motifs is 1. The first-order valence-electron chi connectivity index (χ1n) is 11.2. The molecule has 4 rings (SSSR count). The quantitative estimate of drug-likeness (QED) is 0.340. The Morgan fingerprint density at radius 1 is 0.943 bits per heavy atom. The van der Waals surface area contributed by atoms with Crippen LogP contribution in [0.3, 0.4) is 0 Å². The van der Waals surface area contributed by atoms with Crippen LogP contribution in [-0.4, -0.2) is 33.1 Å². The number of aromatic nitrogens is 3. The molecule has 0 saturated carbocycles. The average molecular weight is 467 g/mol. The number of allylic oxidation sites excluding steroid dienone is 3. The summed E-state index contributed by atoms with van der Waals surface area (Å²) in [5.74, 6) is -0.340. The molecule has 0 aliphatic carbocycles. The van der Waals surface area contributed by atoms with Gasteiger partial charge in [0.2, 0.25) is 0 Å². The fraction of sp³-hybridized carbons (Fsp3) is 0.143. The van der Waals surface area contributed by atoms with E-state index in [4.69, 9.17) is 20.5 Å². The van der Waals surface area contributed by atoms with Crippen LogP contribution in [0.2, 0.25) is 0 Å². The average Bonchev–Trinajstić information content (AvgIpc) is 3.30. The number of imidazole rings is 1. The van der Waals surface area contributed by atoms with Crippen molar-refractivity contribution < 1.29 is 4.39 Å². The molecule has 2 aromatic carbocycles. The second-order valence-electron chi connectivity index (χ2n) is 8.15. The standard InChI is InChI=1S/C28H27FN6/c1-18(19(2)32-20(3)21-8-6-5-7-9-21)26-17-35-27(33-26)15-14-25(34-35)24(16-31-4)28(30)22-10-12-23(29)13-11-22/h5-17,30-31H,1-4H3/b19-18+,24-16-,30-28?,32-20+. The molecule has 2 heterocycles. The van der Waals surface area contributed by atoms with E-state index in [-0.39, 0.29) is 11.5 Å². The number of nitrogens with one attached hydrogen (secondary N) is 2. The Morgan fingerprint density at radius 3 is 2.34 bits per heavy atom. The lowest BCUT2D eigenvalue weighted by Crippen LogP contribution is -2.09. The molecule has 0 aliphatic heterocycles. The zero-order valence-electron chi connectivity index (χ0n) is 20.2. The van der Waals surface area contributed by atoms with Gasteiger partial charge < -0.3 is 5.32 Å². The Balaban J connectivity index is 1.68. The highest BCUT2D eigenvalue weighted by molar-refractivity contribution is 6.29. The van der Waals surface area contributed by atoms with Crippen LogP contribution in [0.1, 0.15) is 43.3 Å². The third-order valence-corrected chi connectivity index (χ3v) is 5.74.